The maximum Gasteiger partial charge on any atom is 0.197 e. The molecule has 2 heterocycles. The number of rotatable bonds is 1. The van der Waals surface area contributed by atoms with Crippen molar-refractivity contribution in [3.05, 3.63) is 11.9 Å². The number of aromatic amines is 1. The van der Waals surface area contributed by atoms with Crippen molar-refractivity contribution in [3.63, 3.8) is 0 Å². The van der Waals surface area contributed by atoms with E-state index in [1.165, 1.54) is 17.9 Å². The predicted molar refractivity (Wildman–Crippen MR) is 56.9 cm³/mol. The summed E-state index contributed by atoms with van der Waals surface area (Å²) in [5, 5.41) is 0. The summed E-state index contributed by atoms with van der Waals surface area (Å²) in [6, 6.07) is 0. The Labute approximate surface area is 82.5 Å². The van der Waals surface area contributed by atoms with Gasteiger partial charge in [0, 0.05) is 16.4 Å². The summed E-state index contributed by atoms with van der Waals surface area (Å²) in [6.45, 7) is 4.57. The lowest BCUT2D eigenvalue weighted by atomic mass is 9.90. The first kappa shape index (κ1) is 8.94. The molecule has 1 fully saturated rings. The molecule has 13 heavy (non-hydrogen) atoms. The smallest absolute Gasteiger partial charge is 0.197 e. The summed E-state index contributed by atoms with van der Waals surface area (Å²) in [5.74, 6) is 2.33. The maximum atomic E-state index is 5.56. The van der Waals surface area contributed by atoms with Gasteiger partial charge in [-0.15, -0.1) is 0 Å². The molecule has 0 bridgehead atoms. The van der Waals surface area contributed by atoms with Crippen LogP contribution in [0.2, 0.25) is 0 Å². The van der Waals surface area contributed by atoms with Crippen LogP contribution in [0.5, 0.6) is 0 Å². The van der Waals surface area contributed by atoms with Crippen molar-refractivity contribution in [1.29, 1.82) is 0 Å². The molecular weight excluding hydrogens is 182 g/mol. The van der Waals surface area contributed by atoms with Gasteiger partial charge in [0.25, 0.3) is 0 Å². The Kier molecular flexibility index (Phi) is 2.02. The summed E-state index contributed by atoms with van der Waals surface area (Å²) in [4.78, 5) is 7.17. The van der Waals surface area contributed by atoms with Gasteiger partial charge in [-0.1, -0.05) is 13.8 Å². The monoisotopic (exact) mass is 197 g/mol. The van der Waals surface area contributed by atoms with Crippen molar-refractivity contribution in [2.45, 2.75) is 30.9 Å². The molecular formula is C9H15N3S. The van der Waals surface area contributed by atoms with Crippen LogP contribution in [-0.4, -0.2) is 20.5 Å². The molecule has 1 aliphatic rings. The number of thioether (sulfide) groups is 1. The number of imidazole rings is 1. The van der Waals surface area contributed by atoms with E-state index in [1.54, 1.807) is 0 Å². The third-order valence-corrected chi connectivity index (χ3v) is 4.18. The normalized spacial score (nSPS) is 26.5. The molecule has 1 unspecified atom stereocenters. The summed E-state index contributed by atoms with van der Waals surface area (Å²) < 4.78 is 0.318. The van der Waals surface area contributed by atoms with Gasteiger partial charge in [0.05, 0.1) is 6.20 Å². The van der Waals surface area contributed by atoms with Crippen molar-refractivity contribution >= 4 is 17.7 Å². The average molecular weight is 197 g/mol. The van der Waals surface area contributed by atoms with Crippen LogP contribution in [0.25, 0.3) is 0 Å². The van der Waals surface area contributed by atoms with Crippen LogP contribution in [0.3, 0.4) is 0 Å². The van der Waals surface area contributed by atoms with Crippen molar-refractivity contribution < 1.29 is 0 Å². The maximum absolute atomic E-state index is 5.56. The number of H-pyrrole nitrogens is 1. The minimum atomic E-state index is 0.318. The van der Waals surface area contributed by atoms with Gasteiger partial charge in [-0.05, 0) is 12.2 Å². The second-order valence-corrected chi connectivity index (χ2v) is 5.77. The number of nitrogens with zero attached hydrogens (tertiary/aromatic N) is 1. The van der Waals surface area contributed by atoms with Crippen molar-refractivity contribution in [3.8, 4) is 0 Å². The minimum absolute atomic E-state index is 0.318. The Morgan fingerprint density at radius 1 is 1.69 bits per heavy atom. The number of nitrogen functional groups attached to an aromatic ring is 1. The Balaban J connectivity index is 2.26. The number of anilines is 1. The molecule has 0 saturated carbocycles. The Morgan fingerprint density at radius 3 is 2.92 bits per heavy atom. The molecule has 0 aliphatic carbocycles. The summed E-state index contributed by atoms with van der Waals surface area (Å²) >= 11 is 2.02. The zero-order chi connectivity index (χ0) is 9.47. The van der Waals surface area contributed by atoms with Crippen LogP contribution in [0, 0.1) is 0 Å². The average Bonchev–Trinajstić information content (AvgIpc) is 2.56. The topological polar surface area (TPSA) is 54.7 Å². The van der Waals surface area contributed by atoms with E-state index in [9.17, 15) is 0 Å². The molecule has 1 aliphatic heterocycles. The summed E-state index contributed by atoms with van der Waals surface area (Å²) in [7, 11) is 0. The molecule has 0 spiro atoms. The van der Waals surface area contributed by atoms with Crippen LogP contribution >= 0.6 is 11.8 Å². The van der Waals surface area contributed by atoms with Gasteiger partial charge in [-0.3, -0.25) is 0 Å². The zero-order valence-corrected chi connectivity index (χ0v) is 8.82. The van der Waals surface area contributed by atoms with Gasteiger partial charge in [0.15, 0.2) is 5.95 Å². The Bertz CT molecular complexity index is 306. The first-order valence-corrected chi connectivity index (χ1v) is 5.52. The van der Waals surface area contributed by atoms with E-state index in [2.05, 4.69) is 23.8 Å². The van der Waals surface area contributed by atoms with E-state index in [-0.39, 0.29) is 0 Å². The van der Waals surface area contributed by atoms with Gasteiger partial charge in [0.1, 0.15) is 0 Å². The number of nitrogens with two attached hydrogens (primary N) is 1. The lowest BCUT2D eigenvalue weighted by Gasteiger charge is -2.24. The third-order valence-electron chi connectivity index (χ3n) is 2.71. The molecule has 1 saturated heterocycles. The fourth-order valence-electron chi connectivity index (χ4n) is 1.95. The highest BCUT2D eigenvalue weighted by Gasteiger charge is 2.37. The lowest BCUT2D eigenvalue weighted by Crippen LogP contribution is -2.20. The molecule has 72 valence electrons. The van der Waals surface area contributed by atoms with E-state index in [4.69, 9.17) is 5.73 Å². The fraction of sp³-hybridized carbons (Fsp3) is 0.667. The van der Waals surface area contributed by atoms with Gasteiger partial charge in [-0.25, -0.2) is 4.98 Å². The van der Waals surface area contributed by atoms with Gasteiger partial charge in [0.2, 0.25) is 0 Å². The highest BCUT2D eigenvalue weighted by Crippen LogP contribution is 2.47. The van der Waals surface area contributed by atoms with E-state index in [0.29, 0.717) is 16.6 Å². The van der Waals surface area contributed by atoms with E-state index in [1.807, 2.05) is 18.0 Å². The highest BCUT2D eigenvalue weighted by atomic mass is 32.2. The van der Waals surface area contributed by atoms with Crippen LogP contribution in [0.4, 0.5) is 5.95 Å². The molecule has 3 N–H and O–H groups in total. The largest absolute Gasteiger partial charge is 0.369 e. The van der Waals surface area contributed by atoms with Gasteiger partial charge >= 0.3 is 0 Å². The number of aromatic nitrogens is 2. The van der Waals surface area contributed by atoms with E-state index >= 15 is 0 Å². The first-order chi connectivity index (χ1) is 6.09. The second-order valence-electron chi connectivity index (χ2n) is 4.02. The van der Waals surface area contributed by atoms with Crippen molar-refractivity contribution in [2.75, 3.05) is 11.5 Å². The van der Waals surface area contributed by atoms with Gasteiger partial charge in [-0.2, -0.15) is 11.8 Å². The minimum Gasteiger partial charge on any atom is -0.369 e. The lowest BCUT2D eigenvalue weighted by molar-refractivity contribution is 0.551. The Morgan fingerprint density at radius 2 is 2.46 bits per heavy atom. The Hall–Kier alpha value is -0.640. The van der Waals surface area contributed by atoms with E-state index < -0.39 is 0 Å². The highest BCUT2D eigenvalue weighted by molar-refractivity contribution is 8.00. The van der Waals surface area contributed by atoms with Crippen LogP contribution < -0.4 is 5.73 Å². The van der Waals surface area contributed by atoms with Crippen LogP contribution in [-0.2, 0) is 0 Å². The molecule has 3 nitrogen and oxygen atoms in total. The summed E-state index contributed by atoms with van der Waals surface area (Å²) in [6.07, 6.45) is 3.09. The predicted octanol–water partition coefficient (Wildman–Crippen LogP) is 1.99. The van der Waals surface area contributed by atoms with Crippen molar-refractivity contribution in [2.24, 2.45) is 0 Å². The quantitative estimate of drug-likeness (QED) is 0.724. The van der Waals surface area contributed by atoms with Gasteiger partial charge < -0.3 is 10.7 Å². The molecule has 0 aromatic carbocycles. The zero-order valence-electron chi connectivity index (χ0n) is 8.00. The number of hydrogen-bond donors (Lipinski definition) is 2. The molecule has 1 atom stereocenters. The number of hydrogen-bond acceptors (Lipinski definition) is 3. The van der Waals surface area contributed by atoms with E-state index in [0.717, 1.165) is 0 Å². The molecule has 4 heteroatoms. The fourth-order valence-corrected chi connectivity index (χ4v) is 3.27. The molecule has 1 aromatic heterocycles. The summed E-state index contributed by atoms with van der Waals surface area (Å²) in [5.41, 5.74) is 6.75. The standard InChI is InChI=1S/C9H15N3S/c1-9(2)6(3-4-13-9)7-5-11-8(10)12-7/h5-6H,3-4H2,1-2H3,(H3,10,11,12). The third kappa shape index (κ3) is 1.55. The molecule has 2 rings (SSSR count). The second kappa shape index (κ2) is 2.94. The molecule has 1 aromatic rings. The number of nitrogens with one attached hydrogen (secondary N) is 1. The van der Waals surface area contributed by atoms with Crippen molar-refractivity contribution in [1.82, 2.24) is 9.97 Å². The molecule has 0 amide bonds. The van der Waals surface area contributed by atoms with Crippen LogP contribution in [0.1, 0.15) is 31.9 Å². The molecule has 0 radical (unpaired) electrons. The van der Waals surface area contributed by atoms with Crippen LogP contribution in [0.15, 0.2) is 6.20 Å². The SMILES string of the molecule is CC1(C)SCCC1c1cnc(N)[nH]1. The first-order valence-electron chi connectivity index (χ1n) is 4.54.